The number of anilines is 2. The number of aliphatic hydroxyl groups is 1. The summed E-state index contributed by atoms with van der Waals surface area (Å²) < 4.78 is 40.2. The maximum absolute atomic E-state index is 14.8. The number of halogens is 2. The maximum Gasteiger partial charge on any atom is 0.301 e. The predicted octanol–water partition coefficient (Wildman–Crippen LogP) is 3.16. The number of amides is 1. The number of ether oxygens (including phenoxy) is 2. The summed E-state index contributed by atoms with van der Waals surface area (Å²) in [6, 6.07) is 11.6. The molecule has 3 aromatic rings. The van der Waals surface area contributed by atoms with E-state index in [0.717, 1.165) is 4.90 Å². The molecule has 1 fully saturated rings. The topological polar surface area (TPSA) is 133 Å². The van der Waals surface area contributed by atoms with Crippen LogP contribution in [0.3, 0.4) is 0 Å². The zero-order valence-corrected chi connectivity index (χ0v) is 20.1. The second kappa shape index (κ2) is 10.7. The summed E-state index contributed by atoms with van der Waals surface area (Å²) >= 11 is 0. The maximum atomic E-state index is 14.8. The zero-order valence-electron chi connectivity index (χ0n) is 20.1. The molecule has 0 saturated carbocycles. The molecule has 2 unspecified atom stereocenters. The van der Waals surface area contributed by atoms with Gasteiger partial charge < -0.3 is 24.8 Å². The van der Waals surface area contributed by atoms with E-state index in [1.807, 2.05) is 6.07 Å². The van der Waals surface area contributed by atoms with Crippen molar-refractivity contribution in [3.8, 4) is 29.0 Å². The van der Waals surface area contributed by atoms with Crippen molar-refractivity contribution < 1.29 is 28.2 Å². The highest BCUT2D eigenvalue weighted by atomic mass is 19.3. The number of alkyl halides is 2. The molecule has 10 nitrogen and oxygen atoms in total. The Kier molecular flexibility index (Phi) is 7.45. The van der Waals surface area contributed by atoms with Crippen LogP contribution in [-0.2, 0) is 4.79 Å². The number of nitrogens with zero attached hydrogens (tertiary/aromatic N) is 5. The van der Waals surface area contributed by atoms with Gasteiger partial charge in [-0.2, -0.15) is 5.26 Å². The quantitative estimate of drug-likeness (QED) is 0.492. The lowest BCUT2D eigenvalue weighted by molar-refractivity contribution is -0.165. The number of hydrogen-bond acceptors (Lipinski definition) is 9. The van der Waals surface area contributed by atoms with E-state index in [0.29, 0.717) is 28.8 Å². The number of likely N-dealkylation sites (tertiary alicyclic amines) is 1. The SMILES string of the molecule is COc1cc(Nc2nccc(-c3ccc(OC4CCN(C(=O)C(C)O)CC4(F)F)c(C#N)c3)n2)ccn1. The second-order valence-corrected chi connectivity index (χ2v) is 8.39. The third kappa shape index (κ3) is 5.90. The van der Waals surface area contributed by atoms with E-state index in [2.05, 4.69) is 20.3 Å². The predicted molar refractivity (Wildman–Crippen MR) is 128 cm³/mol. The lowest BCUT2D eigenvalue weighted by Gasteiger charge is -2.38. The first-order chi connectivity index (χ1) is 17.7. The van der Waals surface area contributed by atoms with Gasteiger partial charge in [-0.1, -0.05) is 0 Å². The van der Waals surface area contributed by atoms with Gasteiger partial charge in [-0.3, -0.25) is 4.79 Å². The molecule has 4 rings (SSSR count). The molecule has 1 aliphatic heterocycles. The number of benzene rings is 1. The molecule has 0 spiro atoms. The fourth-order valence-electron chi connectivity index (χ4n) is 3.86. The standard InChI is InChI=1S/C25H24F2N6O4/c1-15(34)23(35)33-10-7-21(25(26,27)14-33)37-20-4-3-16(11-17(20)13-28)19-6-9-30-24(32-19)31-18-5-8-29-22(12-18)36-2/h3-6,8-9,11-12,15,21,34H,7,10,14H2,1-2H3,(H,29,30,31,32). The van der Waals surface area contributed by atoms with Crippen LogP contribution >= 0.6 is 0 Å². The highest BCUT2D eigenvalue weighted by molar-refractivity contribution is 5.80. The van der Waals surface area contributed by atoms with Gasteiger partial charge in [0.25, 0.3) is 5.91 Å². The van der Waals surface area contributed by atoms with Gasteiger partial charge in [0.15, 0.2) is 6.10 Å². The van der Waals surface area contributed by atoms with E-state index in [1.165, 1.54) is 26.2 Å². The smallest absolute Gasteiger partial charge is 0.301 e. The third-order valence-electron chi connectivity index (χ3n) is 5.72. The average Bonchev–Trinajstić information content (AvgIpc) is 2.89. The van der Waals surface area contributed by atoms with Crippen molar-refractivity contribution in [3.63, 3.8) is 0 Å². The van der Waals surface area contributed by atoms with Gasteiger partial charge in [0.2, 0.25) is 11.8 Å². The molecule has 0 bridgehead atoms. The van der Waals surface area contributed by atoms with Crippen molar-refractivity contribution >= 4 is 17.5 Å². The summed E-state index contributed by atoms with van der Waals surface area (Å²) in [5, 5.41) is 22.1. The summed E-state index contributed by atoms with van der Waals surface area (Å²) in [6.07, 6.45) is 0.0643. The van der Waals surface area contributed by atoms with E-state index in [1.54, 1.807) is 36.7 Å². The first kappa shape index (κ1) is 25.7. The Morgan fingerprint density at radius 2 is 2.05 bits per heavy atom. The fraction of sp³-hybridized carbons (Fsp3) is 0.320. The number of aliphatic hydroxyl groups excluding tert-OH is 1. The molecule has 2 aromatic heterocycles. The van der Waals surface area contributed by atoms with E-state index >= 15 is 0 Å². The summed E-state index contributed by atoms with van der Waals surface area (Å²) in [6.45, 7) is 0.363. The molecule has 12 heteroatoms. The number of aromatic nitrogens is 3. The van der Waals surface area contributed by atoms with Crippen LogP contribution in [0.25, 0.3) is 11.3 Å². The molecule has 1 amide bonds. The summed E-state index contributed by atoms with van der Waals surface area (Å²) in [5.74, 6) is -3.41. The molecular formula is C25H24F2N6O4. The van der Waals surface area contributed by atoms with Crippen molar-refractivity contribution in [2.45, 2.75) is 31.5 Å². The molecule has 0 aliphatic carbocycles. The number of nitrogens with one attached hydrogen (secondary N) is 1. The Balaban J connectivity index is 1.51. The monoisotopic (exact) mass is 510 g/mol. The van der Waals surface area contributed by atoms with Crippen molar-refractivity contribution in [2.75, 3.05) is 25.5 Å². The first-order valence-electron chi connectivity index (χ1n) is 11.4. The minimum absolute atomic E-state index is 0.00233. The van der Waals surface area contributed by atoms with E-state index in [9.17, 15) is 23.9 Å². The fourth-order valence-corrected chi connectivity index (χ4v) is 3.86. The van der Waals surface area contributed by atoms with Crippen LogP contribution in [0.4, 0.5) is 20.4 Å². The molecule has 2 N–H and O–H groups in total. The Labute approximate surface area is 211 Å². The third-order valence-corrected chi connectivity index (χ3v) is 5.72. The van der Waals surface area contributed by atoms with E-state index < -0.39 is 30.6 Å². The Bertz CT molecular complexity index is 1330. The Hall–Kier alpha value is -4.37. The van der Waals surface area contributed by atoms with Crippen LogP contribution in [-0.4, -0.2) is 69.2 Å². The van der Waals surface area contributed by atoms with Gasteiger partial charge >= 0.3 is 5.92 Å². The number of pyridine rings is 1. The number of methoxy groups -OCH3 is 1. The summed E-state index contributed by atoms with van der Waals surface area (Å²) in [7, 11) is 1.51. The van der Waals surface area contributed by atoms with Gasteiger partial charge in [-0.15, -0.1) is 0 Å². The Morgan fingerprint density at radius 3 is 2.76 bits per heavy atom. The highest BCUT2D eigenvalue weighted by Gasteiger charge is 2.48. The normalized spacial score (nSPS) is 17.4. The number of piperidine rings is 1. The average molecular weight is 511 g/mol. The highest BCUT2D eigenvalue weighted by Crippen LogP contribution is 2.34. The molecular weight excluding hydrogens is 486 g/mol. The minimum atomic E-state index is -3.36. The summed E-state index contributed by atoms with van der Waals surface area (Å²) in [5.41, 5.74) is 1.78. The molecule has 192 valence electrons. The van der Waals surface area contributed by atoms with Crippen molar-refractivity contribution in [1.29, 1.82) is 5.26 Å². The van der Waals surface area contributed by atoms with Crippen molar-refractivity contribution in [1.82, 2.24) is 19.9 Å². The molecule has 37 heavy (non-hydrogen) atoms. The largest absolute Gasteiger partial charge is 0.483 e. The lowest BCUT2D eigenvalue weighted by atomic mass is 10.0. The molecule has 2 atom stereocenters. The molecule has 3 heterocycles. The van der Waals surface area contributed by atoms with Crippen LogP contribution in [0.2, 0.25) is 0 Å². The molecule has 1 aliphatic rings. The molecule has 0 radical (unpaired) electrons. The van der Waals surface area contributed by atoms with Crippen LogP contribution in [0.15, 0.2) is 48.8 Å². The van der Waals surface area contributed by atoms with Crippen LogP contribution in [0, 0.1) is 11.3 Å². The number of carbonyl (C=O) groups is 1. The second-order valence-electron chi connectivity index (χ2n) is 8.39. The van der Waals surface area contributed by atoms with Crippen LogP contribution < -0.4 is 14.8 Å². The van der Waals surface area contributed by atoms with Gasteiger partial charge in [0.1, 0.15) is 17.9 Å². The van der Waals surface area contributed by atoms with E-state index in [-0.39, 0.29) is 24.3 Å². The van der Waals surface area contributed by atoms with Crippen LogP contribution in [0.1, 0.15) is 18.9 Å². The number of carbonyl (C=O) groups excluding carboxylic acids is 1. The van der Waals surface area contributed by atoms with Crippen molar-refractivity contribution in [3.05, 3.63) is 54.4 Å². The van der Waals surface area contributed by atoms with E-state index in [4.69, 9.17) is 9.47 Å². The van der Waals surface area contributed by atoms with Crippen molar-refractivity contribution in [2.24, 2.45) is 0 Å². The Morgan fingerprint density at radius 1 is 1.27 bits per heavy atom. The molecule has 1 aromatic carbocycles. The summed E-state index contributed by atoms with van der Waals surface area (Å²) in [4.78, 5) is 25.5. The number of nitriles is 1. The number of rotatable bonds is 7. The van der Waals surface area contributed by atoms with Gasteiger partial charge in [-0.05, 0) is 37.3 Å². The lowest BCUT2D eigenvalue weighted by Crippen LogP contribution is -2.56. The van der Waals surface area contributed by atoms with Crippen LogP contribution in [0.5, 0.6) is 11.6 Å². The first-order valence-corrected chi connectivity index (χ1v) is 11.4. The zero-order chi connectivity index (χ0) is 26.6. The van der Waals surface area contributed by atoms with Gasteiger partial charge in [-0.25, -0.2) is 23.7 Å². The van der Waals surface area contributed by atoms with Gasteiger partial charge in [0, 0.05) is 42.7 Å². The minimum Gasteiger partial charge on any atom is -0.483 e. The molecule has 1 saturated heterocycles. The number of hydrogen-bond donors (Lipinski definition) is 2. The van der Waals surface area contributed by atoms with Gasteiger partial charge in [0.05, 0.1) is 24.9 Å².